The molecule has 0 bridgehead atoms. The van der Waals surface area contributed by atoms with Crippen molar-refractivity contribution < 1.29 is 14.3 Å². The van der Waals surface area contributed by atoms with E-state index in [2.05, 4.69) is 10.2 Å². The summed E-state index contributed by atoms with van der Waals surface area (Å²) in [6.45, 7) is 3.59. The maximum Gasteiger partial charge on any atom is 0.217 e. The van der Waals surface area contributed by atoms with Crippen LogP contribution >= 0.6 is 0 Å². The smallest absolute Gasteiger partial charge is 0.217 e. The van der Waals surface area contributed by atoms with E-state index in [1.807, 2.05) is 18.9 Å². The first kappa shape index (κ1) is 11.8. The molecule has 1 fully saturated rings. The number of likely N-dealkylation sites (N-methyl/N-ethyl adjacent to an activating group) is 1. The van der Waals surface area contributed by atoms with Gasteiger partial charge in [-0.3, -0.25) is 4.79 Å². The Hall–Kier alpha value is -1.27. The van der Waals surface area contributed by atoms with Gasteiger partial charge in [0.15, 0.2) is 11.3 Å². The Kier molecular flexibility index (Phi) is 2.37. The normalized spacial score (nSPS) is 42.6. The summed E-state index contributed by atoms with van der Waals surface area (Å²) in [5, 5.41) is 8.18. The van der Waals surface area contributed by atoms with Crippen molar-refractivity contribution in [3.05, 3.63) is 11.8 Å². The van der Waals surface area contributed by atoms with Crippen LogP contribution in [0.15, 0.2) is 22.0 Å². The van der Waals surface area contributed by atoms with Crippen molar-refractivity contribution >= 4 is 5.78 Å². The standard InChI is InChI=1S/C12H17N3O3/c1-11-8(7-13-14-11)12(17-3)9(6-10(11)16)15(2)4-5-18-12/h6,8H,4-5,7H2,1-3H3/t8-,11-,12-/m1/s1. The van der Waals surface area contributed by atoms with Crippen molar-refractivity contribution in [1.29, 1.82) is 0 Å². The molecule has 98 valence electrons. The number of carbonyl (C=O) groups excluding carboxylic acids is 1. The number of azo groups is 1. The highest BCUT2D eigenvalue weighted by atomic mass is 16.7. The number of ether oxygens (including phenoxy) is 2. The zero-order valence-electron chi connectivity index (χ0n) is 10.8. The monoisotopic (exact) mass is 251 g/mol. The Morgan fingerprint density at radius 3 is 3.11 bits per heavy atom. The zero-order valence-corrected chi connectivity index (χ0v) is 10.8. The van der Waals surface area contributed by atoms with Crippen LogP contribution in [0.1, 0.15) is 6.92 Å². The average Bonchev–Trinajstić information content (AvgIpc) is 2.76. The molecule has 0 aromatic rings. The summed E-state index contributed by atoms with van der Waals surface area (Å²) in [5.74, 6) is -1.10. The van der Waals surface area contributed by atoms with E-state index in [-0.39, 0.29) is 11.7 Å². The number of nitrogens with zero attached hydrogens (tertiary/aromatic N) is 3. The fourth-order valence-corrected chi connectivity index (χ4v) is 3.09. The van der Waals surface area contributed by atoms with Crippen LogP contribution < -0.4 is 0 Å². The first-order chi connectivity index (χ1) is 8.54. The molecule has 6 nitrogen and oxygen atoms in total. The lowest BCUT2D eigenvalue weighted by Gasteiger charge is -2.51. The number of morpholine rings is 1. The summed E-state index contributed by atoms with van der Waals surface area (Å²) in [7, 11) is 3.56. The molecular formula is C12H17N3O3. The molecule has 3 rings (SSSR count). The predicted octanol–water partition coefficient (Wildman–Crippen LogP) is 0.598. The van der Waals surface area contributed by atoms with Crippen molar-refractivity contribution in [3.63, 3.8) is 0 Å². The Morgan fingerprint density at radius 1 is 1.61 bits per heavy atom. The molecule has 3 atom stereocenters. The van der Waals surface area contributed by atoms with E-state index in [1.165, 1.54) is 0 Å². The largest absolute Gasteiger partial charge is 0.371 e. The van der Waals surface area contributed by atoms with Crippen LogP contribution in [-0.2, 0) is 14.3 Å². The molecule has 0 unspecified atom stereocenters. The number of hydrogen-bond acceptors (Lipinski definition) is 6. The van der Waals surface area contributed by atoms with Gasteiger partial charge in [0.25, 0.3) is 0 Å². The molecule has 1 aliphatic carbocycles. The van der Waals surface area contributed by atoms with E-state index in [0.717, 1.165) is 12.2 Å². The van der Waals surface area contributed by atoms with Gasteiger partial charge in [0.1, 0.15) is 0 Å². The van der Waals surface area contributed by atoms with E-state index in [0.29, 0.717) is 13.2 Å². The summed E-state index contributed by atoms with van der Waals surface area (Å²) < 4.78 is 11.6. The highest BCUT2D eigenvalue weighted by Gasteiger charge is 2.62. The zero-order chi connectivity index (χ0) is 13.0. The van der Waals surface area contributed by atoms with E-state index in [1.54, 1.807) is 13.2 Å². The summed E-state index contributed by atoms with van der Waals surface area (Å²) in [6.07, 6.45) is 1.60. The molecule has 2 aliphatic heterocycles. The summed E-state index contributed by atoms with van der Waals surface area (Å²) in [5.41, 5.74) is -0.0615. The Morgan fingerprint density at radius 2 is 2.39 bits per heavy atom. The Balaban J connectivity index is 2.16. The summed E-state index contributed by atoms with van der Waals surface area (Å²) >= 11 is 0. The van der Waals surface area contributed by atoms with Gasteiger partial charge in [-0.1, -0.05) is 0 Å². The minimum absolute atomic E-state index is 0.0197. The first-order valence-electron chi connectivity index (χ1n) is 6.10. The van der Waals surface area contributed by atoms with Gasteiger partial charge in [-0.15, -0.1) is 0 Å². The second-order valence-corrected chi connectivity index (χ2v) is 5.16. The van der Waals surface area contributed by atoms with Crippen LogP contribution in [0.5, 0.6) is 0 Å². The van der Waals surface area contributed by atoms with Gasteiger partial charge in [0, 0.05) is 26.8 Å². The fourth-order valence-electron chi connectivity index (χ4n) is 3.09. The van der Waals surface area contributed by atoms with Gasteiger partial charge < -0.3 is 14.4 Å². The van der Waals surface area contributed by atoms with Crippen LogP contribution in [0.2, 0.25) is 0 Å². The molecule has 1 saturated heterocycles. The molecule has 0 spiro atoms. The molecule has 0 aromatic carbocycles. The molecule has 0 radical (unpaired) electrons. The average molecular weight is 251 g/mol. The van der Waals surface area contributed by atoms with Crippen molar-refractivity contribution in [3.8, 4) is 0 Å². The molecule has 0 saturated carbocycles. The van der Waals surface area contributed by atoms with Crippen molar-refractivity contribution in [2.45, 2.75) is 18.2 Å². The molecular weight excluding hydrogens is 234 g/mol. The maximum absolute atomic E-state index is 12.3. The summed E-state index contributed by atoms with van der Waals surface area (Å²) in [4.78, 5) is 14.3. The van der Waals surface area contributed by atoms with E-state index >= 15 is 0 Å². The molecule has 2 heterocycles. The quantitative estimate of drug-likeness (QED) is 0.684. The van der Waals surface area contributed by atoms with Crippen LogP contribution in [-0.4, -0.2) is 55.9 Å². The second-order valence-electron chi connectivity index (χ2n) is 5.16. The van der Waals surface area contributed by atoms with E-state index < -0.39 is 11.3 Å². The SMILES string of the molecule is CO[C@]12OCCN(C)C1=CC(=O)[C@]1(C)N=NC[C@@H]21. The van der Waals surface area contributed by atoms with Crippen molar-refractivity contribution in [2.75, 3.05) is 33.9 Å². The topological polar surface area (TPSA) is 63.5 Å². The number of rotatable bonds is 1. The third-order valence-corrected chi connectivity index (χ3v) is 4.26. The number of carbonyl (C=O) groups is 1. The minimum atomic E-state index is -0.890. The molecule has 6 heteroatoms. The lowest BCUT2D eigenvalue weighted by atomic mass is 9.72. The van der Waals surface area contributed by atoms with Crippen LogP contribution in [0.25, 0.3) is 0 Å². The van der Waals surface area contributed by atoms with Gasteiger partial charge in [-0.2, -0.15) is 10.2 Å². The van der Waals surface area contributed by atoms with Gasteiger partial charge in [0.2, 0.25) is 5.79 Å². The highest BCUT2D eigenvalue weighted by Crippen LogP contribution is 2.48. The third-order valence-electron chi connectivity index (χ3n) is 4.26. The van der Waals surface area contributed by atoms with Crippen LogP contribution in [0.3, 0.4) is 0 Å². The van der Waals surface area contributed by atoms with E-state index in [4.69, 9.17) is 9.47 Å². The first-order valence-corrected chi connectivity index (χ1v) is 6.10. The predicted molar refractivity (Wildman–Crippen MR) is 63.0 cm³/mol. The highest BCUT2D eigenvalue weighted by molar-refractivity contribution is 6.00. The van der Waals surface area contributed by atoms with Gasteiger partial charge in [0.05, 0.1) is 24.8 Å². The number of hydrogen-bond donors (Lipinski definition) is 0. The van der Waals surface area contributed by atoms with Crippen LogP contribution in [0.4, 0.5) is 0 Å². The van der Waals surface area contributed by atoms with Gasteiger partial charge >= 0.3 is 0 Å². The Labute approximate surface area is 106 Å². The third kappa shape index (κ3) is 1.22. The molecule has 0 aromatic heterocycles. The van der Waals surface area contributed by atoms with Gasteiger partial charge in [-0.05, 0) is 6.92 Å². The molecule has 3 aliphatic rings. The molecule has 0 amide bonds. The molecule has 18 heavy (non-hydrogen) atoms. The number of ketones is 1. The number of methoxy groups -OCH3 is 1. The van der Waals surface area contributed by atoms with Gasteiger partial charge in [-0.25, -0.2) is 0 Å². The lowest BCUT2D eigenvalue weighted by Crippen LogP contribution is -2.63. The van der Waals surface area contributed by atoms with Crippen molar-refractivity contribution in [2.24, 2.45) is 16.1 Å². The van der Waals surface area contributed by atoms with Crippen LogP contribution in [0, 0.1) is 5.92 Å². The fraction of sp³-hybridized carbons (Fsp3) is 0.750. The summed E-state index contributed by atoms with van der Waals surface area (Å²) in [6, 6.07) is 0. The Bertz CT molecular complexity index is 461. The minimum Gasteiger partial charge on any atom is -0.371 e. The maximum atomic E-state index is 12.3. The van der Waals surface area contributed by atoms with Crippen molar-refractivity contribution in [1.82, 2.24) is 4.90 Å². The molecule has 0 N–H and O–H groups in total. The number of fused-ring (bicyclic) bond motifs is 3. The van der Waals surface area contributed by atoms with E-state index in [9.17, 15) is 4.79 Å². The second kappa shape index (κ2) is 3.61. The lowest BCUT2D eigenvalue weighted by molar-refractivity contribution is -0.261.